The van der Waals surface area contributed by atoms with Crippen molar-refractivity contribution in [3.8, 4) is 11.3 Å². The maximum atomic E-state index is 12.8. The number of aromatic nitrogens is 4. The summed E-state index contributed by atoms with van der Waals surface area (Å²) in [5.41, 5.74) is 4.31. The predicted molar refractivity (Wildman–Crippen MR) is 93.8 cm³/mol. The van der Waals surface area contributed by atoms with Gasteiger partial charge in [0, 0.05) is 31.4 Å². The minimum absolute atomic E-state index is 0.0208. The minimum atomic E-state index is 0.0208. The van der Waals surface area contributed by atoms with Crippen LogP contribution in [0.3, 0.4) is 0 Å². The molecule has 130 valence electrons. The van der Waals surface area contributed by atoms with Crippen molar-refractivity contribution < 1.29 is 4.79 Å². The van der Waals surface area contributed by atoms with Crippen molar-refractivity contribution in [2.24, 2.45) is 13.0 Å². The zero-order chi connectivity index (χ0) is 17.4. The highest BCUT2D eigenvalue weighted by Gasteiger charge is 2.27. The van der Waals surface area contributed by atoms with E-state index < -0.39 is 0 Å². The fourth-order valence-corrected chi connectivity index (χ4v) is 3.69. The van der Waals surface area contributed by atoms with Gasteiger partial charge in [-0.1, -0.05) is 6.92 Å². The van der Waals surface area contributed by atoms with Crippen molar-refractivity contribution in [2.75, 3.05) is 7.05 Å². The van der Waals surface area contributed by atoms with Gasteiger partial charge in [-0.15, -0.1) is 0 Å². The van der Waals surface area contributed by atoms with Gasteiger partial charge in [0.05, 0.1) is 11.4 Å². The van der Waals surface area contributed by atoms with Crippen LogP contribution in [0.2, 0.25) is 0 Å². The Labute approximate surface area is 143 Å². The van der Waals surface area contributed by atoms with Gasteiger partial charge in [-0.05, 0) is 51.5 Å². The van der Waals surface area contributed by atoms with Crippen LogP contribution in [0.5, 0.6) is 0 Å². The quantitative estimate of drug-likeness (QED) is 0.941. The van der Waals surface area contributed by atoms with Crippen LogP contribution < -0.4 is 0 Å². The van der Waals surface area contributed by atoms with E-state index in [0.29, 0.717) is 11.7 Å². The first-order chi connectivity index (χ1) is 11.4. The van der Waals surface area contributed by atoms with Crippen LogP contribution >= 0.6 is 0 Å². The molecule has 1 N–H and O–H groups in total. The van der Waals surface area contributed by atoms with E-state index in [4.69, 9.17) is 0 Å². The summed E-state index contributed by atoms with van der Waals surface area (Å²) in [6.07, 6.45) is 4.58. The van der Waals surface area contributed by atoms with Gasteiger partial charge in [0.2, 0.25) is 0 Å². The average Bonchev–Trinajstić information content (AvgIpc) is 3.12. The van der Waals surface area contributed by atoms with Crippen molar-refractivity contribution in [3.63, 3.8) is 0 Å². The number of H-pyrrole nitrogens is 1. The Hall–Kier alpha value is -2.11. The molecule has 2 aromatic heterocycles. The smallest absolute Gasteiger partial charge is 0.271 e. The molecule has 0 saturated heterocycles. The maximum absolute atomic E-state index is 12.8. The highest BCUT2D eigenvalue weighted by molar-refractivity contribution is 5.93. The lowest BCUT2D eigenvalue weighted by atomic mass is 9.86. The van der Waals surface area contributed by atoms with Crippen LogP contribution in [0.25, 0.3) is 11.3 Å². The van der Waals surface area contributed by atoms with E-state index in [0.717, 1.165) is 41.4 Å². The Kier molecular flexibility index (Phi) is 4.47. The highest BCUT2D eigenvalue weighted by Crippen LogP contribution is 2.28. The zero-order valence-corrected chi connectivity index (χ0v) is 15.3. The number of amides is 1. The molecule has 1 fully saturated rings. The molecule has 1 saturated carbocycles. The predicted octanol–water partition coefficient (Wildman–Crippen LogP) is 3.08. The van der Waals surface area contributed by atoms with Gasteiger partial charge in [0.1, 0.15) is 5.69 Å². The molecule has 6 nitrogen and oxygen atoms in total. The first-order valence-electron chi connectivity index (χ1n) is 8.71. The van der Waals surface area contributed by atoms with Crippen molar-refractivity contribution in [2.45, 2.75) is 52.5 Å². The zero-order valence-electron chi connectivity index (χ0n) is 15.3. The van der Waals surface area contributed by atoms with E-state index in [9.17, 15) is 4.79 Å². The van der Waals surface area contributed by atoms with E-state index >= 15 is 0 Å². The number of rotatable bonds is 3. The third kappa shape index (κ3) is 2.97. The number of nitrogens with one attached hydrogen (secondary N) is 1. The summed E-state index contributed by atoms with van der Waals surface area (Å²) < 4.78 is 1.84. The summed E-state index contributed by atoms with van der Waals surface area (Å²) in [4.78, 5) is 14.7. The number of hydrogen-bond acceptors (Lipinski definition) is 3. The number of carbonyl (C=O) groups excluding carboxylic acids is 1. The lowest BCUT2D eigenvalue weighted by molar-refractivity contribution is 0.0673. The number of nitrogens with zero attached hydrogens (tertiary/aromatic N) is 4. The van der Waals surface area contributed by atoms with Gasteiger partial charge < -0.3 is 4.90 Å². The molecule has 0 aromatic carbocycles. The Morgan fingerprint density at radius 2 is 1.96 bits per heavy atom. The van der Waals surface area contributed by atoms with Gasteiger partial charge in [-0.3, -0.25) is 14.6 Å². The fraction of sp³-hybridized carbons (Fsp3) is 0.611. The molecule has 0 spiro atoms. The van der Waals surface area contributed by atoms with Crippen LogP contribution in [0, 0.1) is 19.8 Å². The SMILES string of the molecule is Cc1nn(C)c(C)c1-c1cc(C(=O)N(C)C2CCC(C)CC2)[nH]n1. The van der Waals surface area contributed by atoms with Crippen molar-refractivity contribution in [1.29, 1.82) is 0 Å². The lowest BCUT2D eigenvalue weighted by Crippen LogP contribution is -2.39. The number of aromatic amines is 1. The lowest BCUT2D eigenvalue weighted by Gasteiger charge is -2.33. The van der Waals surface area contributed by atoms with E-state index in [1.165, 1.54) is 12.8 Å². The fourth-order valence-electron chi connectivity index (χ4n) is 3.69. The molecule has 1 amide bonds. The number of carbonyl (C=O) groups is 1. The van der Waals surface area contributed by atoms with E-state index in [1.807, 2.05) is 43.6 Å². The Morgan fingerprint density at radius 3 is 2.54 bits per heavy atom. The molecule has 2 heterocycles. The summed E-state index contributed by atoms with van der Waals surface area (Å²) >= 11 is 0. The molecule has 0 unspecified atom stereocenters. The summed E-state index contributed by atoms with van der Waals surface area (Å²) in [6.45, 7) is 6.27. The summed E-state index contributed by atoms with van der Waals surface area (Å²) in [5.74, 6) is 0.799. The van der Waals surface area contributed by atoms with Crippen LogP contribution in [0.1, 0.15) is 54.5 Å². The Balaban J connectivity index is 1.78. The molecule has 24 heavy (non-hydrogen) atoms. The van der Waals surface area contributed by atoms with Crippen LogP contribution in [-0.2, 0) is 7.05 Å². The van der Waals surface area contributed by atoms with Crippen molar-refractivity contribution in [3.05, 3.63) is 23.1 Å². The topological polar surface area (TPSA) is 66.8 Å². The molecular weight excluding hydrogens is 302 g/mol. The highest BCUT2D eigenvalue weighted by atomic mass is 16.2. The monoisotopic (exact) mass is 329 g/mol. The van der Waals surface area contributed by atoms with Gasteiger partial charge in [-0.2, -0.15) is 10.2 Å². The second kappa shape index (κ2) is 6.42. The average molecular weight is 329 g/mol. The molecule has 6 heteroatoms. The first kappa shape index (κ1) is 16.7. The molecule has 1 aliphatic rings. The third-order valence-electron chi connectivity index (χ3n) is 5.43. The minimum Gasteiger partial charge on any atom is -0.337 e. The first-order valence-corrected chi connectivity index (χ1v) is 8.71. The molecule has 0 bridgehead atoms. The second-order valence-electron chi connectivity index (χ2n) is 7.17. The van der Waals surface area contributed by atoms with E-state index in [2.05, 4.69) is 22.2 Å². The Bertz CT molecular complexity index is 737. The molecule has 0 atom stereocenters. The summed E-state index contributed by atoms with van der Waals surface area (Å²) in [6, 6.07) is 2.18. The second-order valence-corrected chi connectivity index (χ2v) is 7.17. The summed E-state index contributed by atoms with van der Waals surface area (Å²) in [5, 5.41) is 11.7. The molecule has 3 rings (SSSR count). The van der Waals surface area contributed by atoms with Gasteiger partial charge in [-0.25, -0.2) is 0 Å². The van der Waals surface area contributed by atoms with Crippen LogP contribution in [0.15, 0.2) is 6.07 Å². The molecule has 0 aliphatic heterocycles. The molecule has 0 radical (unpaired) electrons. The number of hydrogen-bond donors (Lipinski definition) is 1. The molecular formula is C18H27N5O. The van der Waals surface area contributed by atoms with Gasteiger partial charge >= 0.3 is 0 Å². The summed E-state index contributed by atoms with van der Waals surface area (Å²) in [7, 11) is 3.83. The van der Waals surface area contributed by atoms with Crippen molar-refractivity contribution in [1.82, 2.24) is 24.9 Å². The normalized spacial score (nSPS) is 21.0. The third-order valence-corrected chi connectivity index (χ3v) is 5.43. The van der Waals surface area contributed by atoms with Crippen molar-refractivity contribution >= 4 is 5.91 Å². The van der Waals surface area contributed by atoms with E-state index in [1.54, 1.807) is 0 Å². The standard InChI is InChI=1S/C18H27N5O/c1-11-6-8-14(9-7-11)22(4)18(24)16-10-15(19-20-16)17-12(2)21-23(5)13(17)3/h10-11,14H,6-9H2,1-5H3,(H,19,20). The van der Waals surface area contributed by atoms with Gasteiger partial charge in [0.15, 0.2) is 0 Å². The maximum Gasteiger partial charge on any atom is 0.271 e. The van der Waals surface area contributed by atoms with Crippen LogP contribution in [-0.4, -0.2) is 43.9 Å². The van der Waals surface area contributed by atoms with E-state index in [-0.39, 0.29) is 5.91 Å². The Morgan fingerprint density at radius 1 is 1.29 bits per heavy atom. The van der Waals surface area contributed by atoms with Gasteiger partial charge in [0.25, 0.3) is 5.91 Å². The molecule has 1 aliphatic carbocycles. The molecule has 2 aromatic rings. The largest absolute Gasteiger partial charge is 0.337 e. The van der Waals surface area contributed by atoms with Crippen LogP contribution in [0.4, 0.5) is 0 Å². The number of aryl methyl sites for hydroxylation is 2.